The van der Waals surface area contributed by atoms with Gasteiger partial charge in [0.05, 0.1) is 31.2 Å². The van der Waals surface area contributed by atoms with Gasteiger partial charge < -0.3 is 35.8 Å². The summed E-state index contributed by atoms with van der Waals surface area (Å²) in [6.45, 7) is 1.79. The minimum Gasteiger partial charge on any atom is -0.392 e. The normalized spacial score (nSPS) is 22.9. The third kappa shape index (κ3) is 5.85. The third-order valence-corrected chi connectivity index (χ3v) is 9.05. The second-order valence-electron chi connectivity index (χ2n) is 12.0. The number of fused-ring (bicyclic) bond motifs is 1. The highest BCUT2D eigenvalue weighted by atomic mass is 16.3. The number of nitrogens with one attached hydrogen (secondary N) is 3. The van der Waals surface area contributed by atoms with E-state index in [2.05, 4.69) is 60.3 Å². The van der Waals surface area contributed by atoms with Crippen LogP contribution in [0, 0.1) is 0 Å². The number of aliphatic hydroxyl groups excluding tert-OH is 3. The maximum atomic E-state index is 13.5. The highest BCUT2D eigenvalue weighted by Crippen LogP contribution is 2.40. The second-order valence-corrected chi connectivity index (χ2v) is 12.0. The van der Waals surface area contributed by atoms with Gasteiger partial charge in [0.1, 0.15) is 17.7 Å². The van der Waals surface area contributed by atoms with Crippen LogP contribution in [0.15, 0.2) is 79.4 Å². The fraction of sp³-hybridized carbons (Fsp3) is 0.364. The van der Waals surface area contributed by atoms with Gasteiger partial charge in [0.2, 0.25) is 5.82 Å². The first-order valence-electron chi connectivity index (χ1n) is 15.6. The van der Waals surface area contributed by atoms with Crippen LogP contribution >= 0.6 is 0 Å². The van der Waals surface area contributed by atoms with Gasteiger partial charge in [0, 0.05) is 36.8 Å². The predicted octanol–water partition coefficient (Wildman–Crippen LogP) is 1.76. The first-order valence-corrected chi connectivity index (χ1v) is 15.6. The first kappa shape index (κ1) is 30.0. The molecule has 1 aliphatic heterocycles. The van der Waals surface area contributed by atoms with Gasteiger partial charge in [-0.25, -0.2) is 15.0 Å². The summed E-state index contributed by atoms with van der Waals surface area (Å²) in [4.78, 5) is 27.5. The molecule has 46 heavy (non-hydrogen) atoms. The number of carbonyl (C=O) groups excluding carboxylic acids is 1. The molecule has 0 radical (unpaired) electrons. The van der Waals surface area contributed by atoms with Gasteiger partial charge in [-0.3, -0.25) is 9.48 Å². The molecule has 1 saturated carbocycles. The monoisotopic (exact) mass is 623 g/mol. The van der Waals surface area contributed by atoms with Gasteiger partial charge in [-0.15, -0.1) is 0 Å². The summed E-state index contributed by atoms with van der Waals surface area (Å²) in [5.41, 5.74) is 3.68. The third-order valence-electron chi connectivity index (χ3n) is 9.05. The highest BCUT2D eigenvalue weighted by molar-refractivity contribution is 5.94. The maximum Gasteiger partial charge on any atom is 0.289 e. The molecule has 1 aliphatic carbocycles. The average Bonchev–Trinajstić information content (AvgIpc) is 3.91. The number of aliphatic hydroxyl groups is 3. The molecule has 238 valence electrons. The molecule has 7 rings (SSSR count). The van der Waals surface area contributed by atoms with Gasteiger partial charge in [0.25, 0.3) is 5.91 Å². The summed E-state index contributed by atoms with van der Waals surface area (Å²) in [6, 6.07) is 19.2. The number of benzene rings is 2. The van der Waals surface area contributed by atoms with Crippen LogP contribution in [0.4, 0.5) is 5.82 Å². The molecule has 13 nitrogen and oxygen atoms in total. The Hall–Kier alpha value is -4.69. The molecule has 2 fully saturated rings. The maximum absolute atomic E-state index is 13.5. The Morgan fingerprint density at radius 1 is 1.00 bits per heavy atom. The van der Waals surface area contributed by atoms with Crippen molar-refractivity contribution in [3.63, 3.8) is 0 Å². The van der Waals surface area contributed by atoms with Gasteiger partial charge >= 0.3 is 0 Å². The Labute approximate surface area is 265 Å². The Bertz CT molecular complexity index is 1750. The lowest BCUT2D eigenvalue weighted by Crippen LogP contribution is -2.37. The number of imidazole rings is 1. The van der Waals surface area contributed by atoms with E-state index in [0.29, 0.717) is 42.1 Å². The molecule has 2 aliphatic rings. The van der Waals surface area contributed by atoms with Gasteiger partial charge in [-0.2, -0.15) is 5.10 Å². The largest absolute Gasteiger partial charge is 0.392 e. The average molecular weight is 624 g/mol. The molecule has 4 heterocycles. The van der Waals surface area contributed by atoms with E-state index >= 15 is 0 Å². The molecule has 5 atom stereocenters. The van der Waals surface area contributed by atoms with Crippen molar-refractivity contribution in [3.8, 4) is 0 Å². The van der Waals surface area contributed by atoms with Crippen LogP contribution in [-0.2, 0) is 6.61 Å². The molecule has 0 unspecified atom stereocenters. The number of carbonyl (C=O) groups is 1. The van der Waals surface area contributed by atoms with Crippen molar-refractivity contribution in [1.29, 1.82) is 0 Å². The molecule has 3 aromatic heterocycles. The van der Waals surface area contributed by atoms with Crippen molar-refractivity contribution >= 4 is 22.9 Å². The molecule has 13 heteroatoms. The molecule has 5 aromatic rings. The van der Waals surface area contributed by atoms with Crippen LogP contribution in [0.3, 0.4) is 0 Å². The lowest BCUT2D eigenvalue weighted by molar-refractivity contribution is 0.00720. The van der Waals surface area contributed by atoms with E-state index in [1.165, 1.54) is 6.20 Å². The fourth-order valence-electron chi connectivity index (χ4n) is 6.57. The summed E-state index contributed by atoms with van der Waals surface area (Å²) in [7, 11) is 0. The predicted molar refractivity (Wildman–Crippen MR) is 170 cm³/mol. The van der Waals surface area contributed by atoms with Crippen molar-refractivity contribution < 1.29 is 20.1 Å². The summed E-state index contributed by atoms with van der Waals surface area (Å²) < 4.78 is 3.29. The number of amides is 1. The van der Waals surface area contributed by atoms with E-state index in [4.69, 9.17) is 0 Å². The Kier molecular flexibility index (Phi) is 8.45. The summed E-state index contributed by atoms with van der Waals surface area (Å²) in [5, 5.41) is 45.8. The standard InChI is InChI=1S/C33H37N9O4/c43-18-20-14-37-42(17-20)26-13-25(28(44)29(26)45)41-19-36-27-30(39-31(40-32(27)41)33(46)38-23-11-12-34-15-23)35-16-24(21-7-3-1-4-8-21)22-9-5-2-6-10-22/h1-10,14,17,19,23-26,28-29,34,43-45H,11-13,15-16,18H2,(H,38,46)(H,35,39,40)/t23-,25+,26-,28-,29+/m0/s1. The van der Waals surface area contributed by atoms with Crippen molar-refractivity contribution in [1.82, 2.24) is 39.9 Å². The van der Waals surface area contributed by atoms with Crippen LogP contribution in [0.2, 0.25) is 0 Å². The van der Waals surface area contributed by atoms with E-state index < -0.39 is 30.2 Å². The molecule has 1 amide bonds. The van der Waals surface area contributed by atoms with Gasteiger partial charge in [0.15, 0.2) is 11.5 Å². The van der Waals surface area contributed by atoms with Gasteiger partial charge in [-0.1, -0.05) is 60.7 Å². The van der Waals surface area contributed by atoms with E-state index in [1.807, 2.05) is 36.4 Å². The number of aromatic nitrogens is 6. The zero-order valence-electron chi connectivity index (χ0n) is 25.1. The smallest absolute Gasteiger partial charge is 0.289 e. The zero-order valence-corrected chi connectivity index (χ0v) is 25.1. The Morgan fingerprint density at radius 2 is 1.72 bits per heavy atom. The fourth-order valence-corrected chi connectivity index (χ4v) is 6.57. The van der Waals surface area contributed by atoms with Crippen molar-refractivity contribution in [2.24, 2.45) is 0 Å². The molecule has 0 bridgehead atoms. The van der Waals surface area contributed by atoms with Crippen LogP contribution in [0.1, 0.15) is 58.2 Å². The quantitative estimate of drug-likeness (QED) is 0.134. The van der Waals surface area contributed by atoms with E-state index in [1.54, 1.807) is 21.8 Å². The molecular weight excluding hydrogens is 586 g/mol. The number of hydrogen-bond donors (Lipinski definition) is 6. The second kappa shape index (κ2) is 13.0. The molecular formula is C33H37N9O4. The van der Waals surface area contributed by atoms with Crippen molar-refractivity contribution in [2.45, 2.75) is 55.7 Å². The Balaban J connectivity index is 1.24. The number of nitrogens with zero attached hydrogens (tertiary/aromatic N) is 6. The SMILES string of the molecule is O=C(N[C@H]1CCNC1)c1nc(NCC(c2ccccc2)c2ccccc2)c2ncn([C@@H]3C[C@H](n4cc(CO)cn4)[C@@H](O)[C@H]3O)c2n1. The highest BCUT2D eigenvalue weighted by Gasteiger charge is 2.44. The van der Waals surface area contributed by atoms with Gasteiger partial charge in [-0.05, 0) is 30.5 Å². The summed E-state index contributed by atoms with van der Waals surface area (Å²) in [6.07, 6.45) is 3.63. The lowest BCUT2D eigenvalue weighted by Gasteiger charge is -2.20. The van der Waals surface area contributed by atoms with Crippen molar-refractivity contribution in [2.75, 3.05) is 25.0 Å². The minimum atomic E-state index is -1.15. The topological polar surface area (TPSA) is 175 Å². The van der Waals surface area contributed by atoms with E-state index in [9.17, 15) is 20.1 Å². The summed E-state index contributed by atoms with van der Waals surface area (Å²) in [5.74, 6) is -0.0164. The van der Waals surface area contributed by atoms with Crippen LogP contribution in [-0.4, -0.2) is 88.4 Å². The molecule has 1 saturated heterocycles. The minimum absolute atomic E-state index is 0.0103. The molecule has 2 aromatic carbocycles. The van der Waals surface area contributed by atoms with Crippen LogP contribution < -0.4 is 16.0 Å². The first-order chi connectivity index (χ1) is 22.5. The number of rotatable bonds is 10. The van der Waals surface area contributed by atoms with E-state index in [-0.39, 0.29) is 24.4 Å². The Morgan fingerprint density at radius 3 is 2.37 bits per heavy atom. The summed E-state index contributed by atoms with van der Waals surface area (Å²) >= 11 is 0. The number of anilines is 1. The van der Waals surface area contributed by atoms with Crippen molar-refractivity contribution in [3.05, 3.63) is 102 Å². The van der Waals surface area contributed by atoms with Crippen LogP contribution in [0.25, 0.3) is 11.2 Å². The molecule has 0 spiro atoms. The van der Waals surface area contributed by atoms with E-state index in [0.717, 1.165) is 24.1 Å². The molecule has 6 N–H and O–H groups in total. The van der Waals surface area contributed by atoms with Crippen LogP contribution in [0.5, 0.6) is 0 Å². The lowest BCUT2D eigenvalue weighted by atomic mass is 9.91. The number of hydrogen-bond acceptors (Lipinski definition) is 10. The zero-order chi connectivity index (χ0) is 31.6.